The largest absolute Gasteiger partial charge is 0.366 e. The van der Waals surface area contributed by atoms with Crippen LogP contribution in [0.4, 0.5) is 5.69 Å². The number of pyridine rings is 1. The van der Waals surface area contributed by atoms with E-state index in [1.807, 2.05) is 6.07 Å². The van der Waals surface area contributed by atoms with Gasteiger partial charge in [-0.2, -0.15) is 0 Å². The molecule has 14 heavy (non-hydrogen) atoms. The van der Waals surface area contributed by atoms with Crippen molar-refractivity contribution in [2.24, 2.45) is 5.73 Å². The van der Waals surface area contributed by atoms with Crippen molar-refractivity contribution >= 4 is 17.3 Å². The van der Waals surface area contributed by atoms with E-state index >= 15 is 0 Å². The Morgan fingerprint density at radius 2 is 2.36 bits per heavy atom. The predicted molar refractivity (Wildman–Crippen MR) is 58.7 cm³/mol. The fraction of sp³-hybridized carbons (Fsp3) is 0.500. The summed E-state index contributed by atoms with van der Waals surface area (Å²) in [6, 6.07) is 2.59. The third-order valence-electron chi connectivity index (χ3n) is 2.42. The smallest absolute Gasteiger partial charge is 0.0822 e. The van der Waals surface area contributed by atoms with Crippen LogP contribution in [-0.2, 0) is 0 Å². The van der Waals surface area contributed by atoms with Gasteiger partial charge in [-0.25, -0.2) is 0 Å². The van der Waals surface area contributed by atoms with E-state index < -0.39 is 0 Å². The molecule has 1 aliphatic rings. The summed E-state index contributed by atoms with van der Waals surface area (Å²) in [5.41, 5.74) is 6.65. The van der Waals surface area contributed by atoms with Gasteiger partial charge in [0.2, 0.25) is 0 Å². The van der Waals surface area contributed by atoms with Gasteiger partial charge in [0.1, 0.15) is 0 Å². The molecule has 3 nitrogen and oxygen atoms in total. The third-order valence-corrected chi connectivity index (χ3v) is 2.71. The van der Waals surface area contributed by atoms with E-state index in [4.69, 9.17) is 17.3 Å². The minimum atomic E-state index is 0.637. The van der Waals surface area contributed by atoms with Gasteiger partial charge in [-0.3, -0.25) is 4.98 Å². The molecule has 76 valence electrons. The summed E-state index contributed by atoms with van der Waals surface area (Å²) in [4.78, 5) is 6.26. The van der Waals surface area contributed by atoms with Crippen molar-refractivity contribution in [3.63, 3.8) is 0 Å². The molecular formula is C10H14ClN3. The Kier molecular flexibility index (Phi) is 2.89. The van der Waals surface area contributed by atoms with E-state index in [9.17, 15) is 0 Å². The molecule has 0 aromatic carbocycles. The topological polar surface area (TPSA) is 42.1 Å². The molecule has 0 amide bonds. The average molecular weight is 212 g/mol. The fourth-order valence-electron chi connectivity index (χ4n) is 1.63. The molecule has 2 rings (SSSR count). The van der Waals surface area contributed by atoms with Crippen molar-refractivity contribution in [2.75, 3.05) is 18.0 Å². The first-order valence-corrected chi connectivity index (χ1v) is 5.27. The van der Waals surface area contributed by atoms with Crippen LogP contribution < -0.4 is 10.6 Å². The first kappa shape index (κ1) is 9.74. The minimum Gasteiger partial charge on any atom is -0.366 e. The summed E-state index contributed by atoms with van der Waals surface area (Å²) in [5, 5.41) is 0.716. The van der Waals surface area contributed by atoms with Gasteiger partial charge in [0.05, 0.1) is 10.7 Å². The Labute approximate surface area is 88.9 Å². The first-order valence-electron chi connectivity index (χ1n) is 4.89. The van der Waals surface area contributed by atoms with Crippen molar-refractivity contribution in [3.05, 3.63) is 23.5 Å². The third kappa shape index (κ3) is 1.99. The van der Waals surface area contributed by atoms with E-state index in [-0.39, 0.29) is 0 Å². The zero-order valence-electron chi connectivity index (χ0n) is 7.99. The van der Waals surface area contributed by atoms with E-state index in [0.29, 0.717) is 17.6 Å². The van der Waals surface area contributed by atoms with Crippen molar-refractivity contribution in [2.45, 2.75) is 18.9 Å². The van der Waals surface area contributed by atoms with E-state index in [1.165, 1.54) is 12.8 Å². The van der Waals surface area contributed by atoms with Crippen molar-refractivity contribution in [1.82, 2.24) is 4.98 Å². The molecule has 1 heterocycles. The molecule has 1 aromatic heterocycles. The van der Waals surface area contributed by atoms with Crippen LogP contribution in [0.15, 0.2) is 18.5 Å². The van der Waals surface area contributed by atoms with E-state index in [2.05, 4.69) is 9.88 Å². The second-order valence-corrected chi connectivity index (χ2v) is 3.95. The molecule has 4 heteroatoms. The molecule has 0 saturated heterocycles. The molecule has 0 radical (unpaired) electrons. The van der Waals surface area contributed by atoms with Gasteiger partial charge in [-0.05, 0) is 18.9 Å². The van der Waals surface area contributed by atoms with E-state index in [1.54, 1.807) is 12.4 Å². The second kappa shape index (κ2) is 4.15. The van der Waals surface area contributed by atoms with E-state index in [0.717, 1.165) is 12.2 Å². The van der Waals surface area contributed by atoms with Gasteiger partial charge in [-0.1, -0.05) is 11.6 Å². The molecule has 1 aliphatic carbocycles. The molecule has 0 atom stereocenters. The molecule has 0 bridgehead atoms. The Bertz CT molecular complexity index is 312. The molecule has 0 unspecified atom stereocenters. The maximum absolute atomic E-state index is 6.08. The Morgan fingerprint density at radius 1 is 1.57 bits per heavy atom. The first-order chi connectivity index (χ1) is 6.83. The van der Waals surface area contributed by atoms with Crippen molar-refractivity contribution < 1.29 is 0 Å². The molecule has 2 N–H and O–H groups in total. The molecule has 1 aromatic rings. The number of hydrogen-bond acceptors (Lipinski definition) is 3. The normalized spacial score (nSPS) is 15.6. The highest BCUT2D eigenvalue weighted by molar-refractivity contribution is 6.33. The van der Waals surface area contributed by atoms with Crippen LogP contribution in [0.5, 0.6) is 0 Å². The van der Waals surface area contributed by atoms with Crippen molar-refractivity contribution in [3.8, 4) is 0 Å². The second-order valence-electron chi connectivity index (χ2n) is 3.54. The minimum absolute atomic E-state index is 0.637. The van der Waals surface area contributed by atoms with Gasteiger partial charge >= 0.3 is 0 Å². The Hall–Kier alpha value is -0.800. The lowest BCUT2D eigenvalue weighted by molar-refractivity contribution is 0.784. The summed E-state index contributed by atoms with van der Waals surface area (Å²) < 4.78 is 0. The molecular weight excluding hydrogens is 198 g/mol. The van der Waals surface area contributed by atoms with Gasteiger partial charge in [0.25, 0.3) is 0 Å². The maximum atomic E-state index is 6.08. The summed E-state index contributed by atoms with van der Waals surface area (Å²) in [7, 11) is 0. The molecule has 0 spiro atoms. The lowest BCUT2D eigenvalue weighted by Crippen LogP contribution is -2.31. The van der Waals surface area contributed by atoms with Crippen molar-refractivity contribution in [1.29, 1.82) is 0 Å². The molecule has 1 fully saturated rings. The van der Waals surface area contributed by atoms with Gasteiger partial charge in [0.15, 0.2) is 0 Å². The highest BCUT2D eigenvalue weighted by Gasteiger charge is 2.29. The number of nitrogens with zero attached hydrogens (tertiary/aromatic N) is 2. The number of rotatable bonds is 4. The van der Waals surface area contributed by atoms with Crippen LogP contribution in [0, 0.1) is 0 Å². The SMILES string of the molecule is NCCN(c1ccncc1Cl)C1CC1. The number of aromatic nitrogens is 1. The van der Waals surface area contributed by atoms with Crippen LogP contribution in [0.1, 0.15) is 12.8 Å². The number of halogens is 1. The van der Waals surface area contributed by atoms with Gasteiger partial charge in [-0.15, -0.1) is 0 Å². The highest BCUT2D eigenvalue weighted by Crippen LogP contribution is 2.34. The lowest BCUT2D eigenvalue weighted by atomic mass is 10.3. The Morgan fingerprint density at radius 3 is 2.93 bits per heavy atom. The van der Waals surface area contributed by atoms with Gasteiger partial charge < -0.3 is 10.6 Å². The monoisotopic (exact) mass is 211 g/mol. The molecule has 1 saturated carbocycles. The lowest BCUT2D eigenvalue weighted by Gasteiger charge is -2.24. The van der Waals surface area contributed by atoms with Gasteiger partial charge in [0, 0.05) is 31.5 Å². The number of anilines is 1. The summed E-state index contributed by atoms with van der Waals surface area (Å²) >= 11 is 6.08. The fourth-order valence-corrected chi connectivity index (χ4v) is 1.85. The van der Waals surface area contributed by atoms with Crippen LogP contribution in [0.25, 0.3) is 0 Å². The summed E-state index contributed by atoms with van der Waals surface area (Å²) in [6.07, 6.45) is 5.95. The zero-order chi connectivity index (χ0) is 9.97. The predicted octanol–water partition coefficient (Wildman–Crippen LogP) is 1.66. The van der Waals surface area contributed by atoms with Crippen LogP contribution in [0.2, 0.25) is 5.02 Å². The quantitative estimate of drug-likeness (QED) is 0.824. The zero-order valence-corrected chi connectivity index (χ0v) is 8.74. The number of nitrogens with two attached hydrogens (primary N) is 1. The standard InChI is InChI=1S/C10H14ClN3/c11-9-7-13-5-3-10(9)14(6-4-12)8-1-2-8/h3,5,7-8H,1-2,4,6,12H2. The van der Waals surface area contributed by atoms with Crippen LogP contribution in [-0.4, -0.2) is 24.1 Å². The van der Waals surface area contributed by atoms with Crippen LogP contribution >= 0.6 is 11.6 Å². The maximum Gasteiger partial charge on any atom is 0.0822 e. The van der Waals surface area contributed by atoms with Crippen LogP contribution in [0.3, 0.4) is 0 Å². The number of hydrogen-bond donors (Lipinski definition) is 1. The summed E-state index contributed by atoms with van der Waals surface area (Å²) in [5.74, 6) is 0. The molecule has 0 aliphatic heterocycles. The highest BCUT2D eigenvalue weighted by atomic mass is 35.5. The Balaban J connectivity index is 2.21. The average Bonchev–Trinajstić information content (AvgIpc) is 2.99. The summed E-state index contributed by atoms with van der Waals surface area (Å²) in [6.45, 7) is 1.53.